The van der Waals surface area contributed by atoms with Crippen molar-refractivity contribution < 1.29 is 9.18 Å². The quantitative estimate of drug-likeness (QED) is 0.641. The molecule has 3 aromatic rings. The summed E-state index contributed by atoms with van der Waals surface area (Å²) in [5.41, 5.74) is 2.68. The minimum Gasteiger partial charge on any atom is -0.352 e. The third kappa shape index (κ3) is 4.66. The average Bonchev–Trinajstić information content (AvgIpc) is 2.79. The van der Waals surface area contributed by atoms with E-state index in [1.165, 1.54) is 18.2 Å². The first-order chi connectivity index (χ1) is 14.2. The van der Waals surface area contributed by atoms with Crippen LogP contribution in [0.5, 0.6) is 0 Å². The van der Waals surface area contributed by atoms with Crippen molar-refractivity contribution in [2.75, 3.05) is 31.1 Å². The fraction of sp³-hybridized carbons (Fsp3) is 0.174. The Labute approximate surface area is 169 Å². The maximum atomic E-state index is 12.9. The van der Waals surface area contributed by atoms with Gasteiger partial charge in [-0.1, -0.05) is 42.5 Å². The van der Waals surface area contributed by atoms with Crippen LogP contribution in [-0.4, -0.2) is 47.2 Å². The van der Waals surface area contributed by atoms with Gasteiger partial charge in [0, 0.05) is 37.8 Å². The van der Waals surface area contributed by atoms with E-state index in [0.29, 0.717) is 26.2 Å². The van der Waals surface area contributed by atoms with E-state index in [2.05, 4.69) is 15.1 Å². The Morgan fingerprint density at radius 1 is 0.862 bits per heavy atom. The molecule has 4 rings (SSSR count). The molecule has 1 amide bonds. The number of hydrogen-bond donors (Lipinski definition) is 0. The lowest BCUT2D eigenvalue weighted by Gasteiger charge is -2.34. The number of piperazine rings is 1. The average molecular weight is 388 g/mol. The molecule has 0 unspecified atom stereocenters. The fourth-order valence-corrected chi connectivity index (χ4v) is 3.26. The van der Waals surface area contributed by atoms with Crippen LogP contribution in [0.25, 0.3) is 17.3 Å². The molecule has 2 heterocycles. The molecule has 0 saturated carbocycles. The Bertz CT molecular complexity index is 980. The minimum atomic E-state index is -0.288. The zero-order chi connectivity index (χ0) is 20.1. The van der Waals surface area contributed by atoms with Crippen molar-refractivity contribution in [2.24, 2.45) is 0 Å². The molecule has 29 heavy (non-hydrogen) atoms. The Morgan fingerprint density at radius 3 is 2.24 bits per heavy atom. The highest BCUT2D eigenvalue weighted by molar-refractivity contribution is 5.92. The van der Waals surface area contributed by atoms with Crippen molar-refractivity contribution in [1.29, 1.82) is 0 Å². The number of carbonyl (C=O) groups is 1. The predicted molar refractivity (Wildman–Crippen MR) is 112 cm³/mol. The summed E-state index contributed by atoms with van der Waals surface area (Å²) in [6.45, 7) is 2.65. The molecule has 1 saturated heterocycles. The third-order valence-corrected chi connectivity index (χ3v) is 4.92. The molecular formula is C23H21FN4O. The highest BCUT2D eigenvalue weighted by Crippen LogP contribution is 2.19. The van der Waals surface area contributed by atoms with Gasteiger partial charge in [-0.15, -0.1) is 10.2 Å². The zero-order valence-electron chi connectivity index (χ0n) is 15.9. The van der Waals surface area contributed by atoms with E-state index in [1.54, 1.807) is 18.2 Å². The summed E-state index contributed by atoms with van der Waals surface area (Å²) >= 11 is 0. The molecule has 0 radical (unpaired) electrons. The van der Waals surface area contributed by atoms with Crippen LogP contribution in [-0.2, 0) is 4.79 Å². The van der Waals surface area contributed by atoms with E-state index in [1.807, 2.05) is 47.4 Å². The lowest BCUT2D eigenvalue weighted by molar-refractivity contribution is -0.126. The van der Waals surface area contributed by atoms with Crippen LogP contribution in [0.2, 0.25) is 0 Å². The lowest BCUT2D eigenvalue weighted by Crippen LogP contribution is -2.48. The van der Waals surface area contributed by atoms with Crippen molar-refractivity contribution in [1.82, 2.24) is 15.1 Å². The van der Waals surface area contributed by atoms with Gasteiger partial charge in [-0.2, -0.15) is 0 Å². The molecule has 0 N–H and O–H groups in total. The zero-order valence-corrected chi connectivity index (χ0v) is 15.9. The van der Waals surface area contributed by atoms with E-state index in [9.17, 15) is 9.18 Å². The van der Waals surface area contributed by atoms with Crippen LogP contribution in [0, 0.1) is 5.82 Å². The van der Waals surface area contributed by atoms with Crippen LogP contribution in [0.1, 0.15) is 5.56 Å². The number of nitrogens with zero attached hydrogens (tertiary/aromatic N) is 4. The number of anilines is 1. The maximum Gasteiger partial charge on any atom is 0.246 e. The molecule has 2 aromatic carbocycles. The van der Waals surface area contributed by atoms with E-state index >= 15 is 0 Å². The van der Waals surface area contributed by atoms with Gasteiger partial charge in [0.05, 0.1) is 5.69 Å². The van der Waals surface area contributed by atoms with Crippen LogP contribution in [0.3, 0.4) is 0 Å². The molecule has 0 atom stereocenters. The van der Waals surface area contributed by atoms with Crippen LogP contribution >= 0.6 is 0 Å². The molecule has 1 aliphatic rings. The minimum absolute atomic E-state index is 0.0421. The van der Waals surface area contributed by atoms with E-state index in [-0.39, 0.29) is 11.7 Å². The van der Waals surface area contributed by atoms with Gasteiger partial charge in [0.2, 0.25) is 5.91 Å². The van der Waals surface area contributed by atoms with Gasteiger partial charge in [0.15, 0.2) is 5.82 Å². The molecule has 5 nitrogen and oxygen atoms in total. The van der Waals surface area contributed by atoms with Gasteiger partial charge in [-0.3, -0.25) is 4.79 Å². The molecule has 1 fully saturated rings. The van der Waals surface area contributed by atoms with Crippen LogP contribution in [0.15, 0.2) is 72.8 Å². The maximum absolute atomic E-state index is 12.9. The second kappa shape index (κ2) is 8.65. The highest BCUT2D eigenvalue weighted by atomic mass is 19.1. The fourth-order valence-electron chi connectivity index (χ4n) is 3.26. The second-order valence-electron chi connectivity index (χ2n) is 6.84. The van der Waals surface area contributed by atoms with Gasteiger partial charge in [-0.05, 0) is 35.9 Å². The Balaban J connectivity index is 1.33. The molecule has 1 aromatic heterocycles. The summed E-state index contributed by atoms with van der Waals surface area (Å²) in [6, 6.07) is 19.9. The monoisotopic (exact) mass is 388 g/mol. The van der Waals surface area contributed by atoms with E-state index in [0.717, 1.165) is 22.6 Å². The van der Waals surface area contributed by atoms with Gasteiger partial charge >= 0.3 is 0 Å². The van der Waals surface area contributed by atoms with Gasteiger partial charge in [0.25, 0.3) is 0 Å². The summed E-state index contributed by atoms with van der Waals surface area (Å²) in [5, 5.41) is 8.70. The standard InChI is InChI=1S/C23H21FN4O/c24-20-9-6-18(7-10-20)8-13-23(29)28-16-14-27(15-17-28)22-12-11-21(25-26-22)19-4-2-1-3-5-19/h1-13H,14-17H2/b13-8+. The van der Waals surface area contributed by atoms with Gasteiger partial charge in [0.1, 0.15) is 5.82 Å². The molecular weight excluding hydrogens is 367 g/mol. The van der Waals surface area contributed by atoms with Crippen molar-refractivity contribution in [3.05, 3.63) is 84.2 Å². The molecule has 1 aliphatic heterocycles. The number of benzene rings is 2. The van der Waals surface area contributed by atoms with Crippen LogP contribution < -0.4 is 4.90 Å². The highest BCUT2D eigenvalue weighted by Gasteiger charge is 2.20. The summed E-state index contributed by atoms with van der Waals surface area (Å²) in [7, 11) is 0. The largest absolute Gasteiger partial charge is 0.352 e. The Morgan fingerprint density at radius 2 is 1.59 bits per heavy atom. The van der Waals surface area contributed by atoms with Crippen molar-refractivity contribution >= 4 is 17.8 Å². The third-order valence-electron chi connectivity index (χ3n) is 4.92. The van der Waals surface area contributed by atoms with E-state index < -0.39 is 0 Å². The first-order valence-corrected chi connectivity index (χ1v) is 9.56. The molecule has 0 spiro atoms. The van der Waals surface area contributed by atoms with Crippen molar-refractivity contribution in [3.63, 3.8) is 0 Å². The number of halogens is 1. The molecule has 6 heteroatoms. The summed E-state index contributed by atoms with van der Waals surface area (Å²) < 4.78 is 12.9. The summed E-state index contributed by atoms with van der Waals surface area (Å²) in [6.07, 6.45) is 3.25. The predicted octanol–water partition coefficient (Wildman–Crippen LogP) is 3.64. The first-order valence-electron chi connectivity index (χ1n) is 9.56. The van der Waals surface area contributed by atoms with Crippen molar-refractivity contribution in [3.8, 4) is 11.3 Å². The molecule has 0 bridgehead atoms. The Kier molecular flexibility index (Phi) is 5.61. The number of hydrogen-bond acceptors (Lipinski definition) is 4. The number of carbonyl (C=O) groups excluding carboxylic acids is 1. The normalized spacial score (nSPS) is 14.4. The SMILES string of the molecule is O=C(/C=C/c1ccc(F)cc1)N1CCN(c2ccc(-c3ccccc3)nn2)CC1. The molecule has 146 valence electrons. The van der Waals surface area contributed by atoms with Crippen molar-refractivity contribution in [2.45, 2.75) is 0 Å². The topological polar surface area (TPSA) is 49.3 Å². The van der Waals surface area contributed by atoms with Crippen LogP contribution in [0.4, 0.5) is 10.2 Å². The smallest absolute Gasteiger partial charge is 0.246 e. The summed E-state index contributed by atoms with van der Waals surface area (Å²) in [4.78, 5) is 16.3. The number of rotatable bonds is 4. The lowest BCUT2D eigenvalue weighted by atomic mass is 10.1. The number of aromatic nitrogens is 2. The first kappa shape index (κ1) is 18.8. The van der Waals surface area contributed by atoms with Gasteiger partial charge in [-0.25, -0.2) is 4.39 Å². The van der Waals surface area contributed by atoms with Gasteiger partial charge < -0.3 is 9.80 Å². The second-order valence-corrected chi connectivity index (χ2v) is 6.84. The Hall–Kier alpha value is -3.54. The number of amides is 1. The molecule has 0 aliphatic carbocycles. The van der Waals surface area contributed by atoms with E-state index in [4.69, 9.17) is 0 Å². The summed E-state index contributed by atoms with van der Waals surface area (Å²) in [5.74, 6) is 0.489.